The van der Waals surface area contributed by atoms with E-state index >= 15 is 0 Å². The van der Waals surface area contributed by atoms with Gasteiger partial charge in [-0.05, 0) is 103 Å². The van der Waals surface area contributed by atoms with Crippen molar-refractivity contribution < 1.29 is 38.4 Å². The van der Waals surface area contributed by atoms with Crippen molar-refractivity contribution in [3.05, 3.63) is 71.8 Å². The highest BCUT2D eigenvalue weighted by atomic mass is 16.2. The third kappa shape index (κ3) is 14.6. The minimum absolute atomic E-state index is 0.194. The van der Waals surface area contributed by atoms with Gasteiger partial charge in [0.15, 0.2) is 0 Å². The predicted octanol–water partition coefficient (Wildman–Crippen LogP) is 0.195. The van der Waals surface area contributed by atoms with Crippen LogP contribution in [0, 0.1) is 0 Å². The number of carbonyl (C=O) groups excluding carboxylic acids is 8. The number of likely N-dealkylation sites (N-methyl/N-ethyl adjacent to an activating group) is 2. The van der Waals surface area contributed by atoms with Crippen molar-refractivity contribution in [2.75, 3.05) is 40.3 Å². The fraction of sp³-hybridized carbons (Fsp3) is 0.583. The van der Waals surface area contributed by atoms with E-state index in [0.717, 1.165) is 11.1 Å². The Morgan fingerprint density at radius 1 is 0.545 bits per heavy atom. The van der Waals surface area contributed by atoms with E-state index in [-0.39, 0.29) is 50.6 Å². The monoisotopic (exact) mass is 915 g/mol. The number of fused-ring (bicyclic) bond motifs is 2. The van der Waals surface area contributed by atoms with Crippen molar-refractivity contribution in [2.45, 2.75) is 139 Å². The molecule has 0 aromatic heterocycles. The van der Waals surface area contributed by atoms with Crippen LogP contribution in [-0.2, 0) is 51.2 Å². The van der Waals surface area contributed by atoms with Crippen LogP contribution in [0.2, 0.25) is 0 Å². The summed E-state index contributed by atoms with van der Waals surface area (Å²) in [7, 11) is 3.28. The lowest BCUT2D eigenvalue weighted by Crippen LogP contribution is -2.58. The summed E-state index contributed by atoms with van der Waals surface area (Å²) in [5, 5.41) is 23.3. The zero-order chi connectivity index (χ0) is 47.6. The molecule has 18 heteroatoms. The van der Waals surface area contributed by atoms with Crippen molar-refractivity contribution in [3.8, 4) is 0 Å². The molecular weight excluding hydrogens is 845 g/mol. The van der Waals surface area contributed by atoms with Gasteiger partial charge in [-0.25, -0.2) is 0 Å². The van der Waals surface area contributed by atoms with E-state index < -0.39 is 83.8 Å². The quantitative estimate of drug-likeness (QED) is 0.161. The number of hydrogen-bond donors (Lipinski definition) is 8. The van der Waals surface area contributed by atoms with Crippen LogP contribution in [0.15, 0.2) is 60.7 Å². The van der Waals surface area contributed by atoms with Gasteiger partial charge < -0.3 is 52.3 Å². The summed E-state index contributed by atoms with van der Waals surface area (Å²) in [4.78, 5) is 114. The first kappa shape index (κ1) is 51.1. The number of carbonyl (C=O) groups is 8. The molecule has 3 aliphatic rings. The fourth-order valence-corrected chi connectivity index (χ4v) is 8.65. The average molecular weight is 915 g/mol. The number of nitrogens with zero attached hydrogens (tertiary/aromatic N) is 2. The molecule has 2 aromatic carbocycles. The van der Waals surface area contributed by atoms with Crippen LogP contribution in [0.4, 0.5) is 0 Å². The molecule has 0 spiro atoms. The van der Waals surface area contributed by atoms with Crippen LogP contribution in [0.25, 0.3) is 0 Å². The minimum atomic E-state index is -0.972. The highest BCUT2D eigenvalue weighted by molar-refractivity contribution is 5.96. The first-order valence-corrected chi connectivity index (χ1v) is 23.6. The Morgan fingerprint density at radius 3 is 1.29 bits per heavy atom. The Morgan fingerprint density at radius 2 is 0.924 bits per heavy atom. The van der Waals surface area contributed by atoms with Gasteiger partial charge in [0.05, 0.1) is 12.1 Å². The zero-order valence-corrected chi connectivity index (χ0v) is 38.9. The van der Waals surface area contributed by atoms with E-state index in [9.17, 15) is 38.4 Å². The SMILES string of the molecule is CN[C@@H](C)C(=O)N[C@H]1CCCCNC(=O)[C@H](Cc2ccccc2)NC(=O)[C@@H]2CCCN2C(=O)[C@@H](NC(=O)[C@H](C)NC)CCCCNC(=O)[C@H](Cc2ccccc2)NC(=O)[C@@H]2CCCN2C1=O. The second-order valence-electron chi connectivity index (χ2n) is 17.6. The molecule has 5 rings (SSSR count). The molecule has 3 heterocycles. The summed E-state index contributed by atoms with van der Waals surface area (Å²) >= 11 is 0. The molecular formula is C48H70N10O8. The molecule has 8 N–H and O–H groups in total. The van der Waals surface area contributed by atoms with Gasteiger partial charge in [0.1, 0.15) is 36.3 Å². The number of rotatable bonds is 10. The Hall–Kier alpha value is -5.88. The van der Waals surface area contributed by atoms with Crippen molar-refractivity contribution in [1.29, 1.82) is 0 Å². The number of amides is 8. The van der Waals surface area contributed by atoms with Crippen molar-refractivity contribution in [2.24, 2.45) is 0 Å². The van der Waals surface area contributed by atoms with Crippen molar-refractivity contribution in [3.63, 3.8) is 0 Å². The average Bonchev–Trinajstić information content (AvgIpc) is 4.03. The van der Waals surface area contributed by atoms with Gasteiger partial charge in [-0.3, -0.25) is 38.4 Å². The summed E-state index contributed by atoms with van der Waals surface area (Å²) < 4.78 is 0. The molecule has 0 radical (unpaired) electrons. The molecule has 0 bridgehead atoms. The first-order chi connectivity index (χ1) is 31.8. The maximum atomic E-state index is 14.3. The third-order valence-corrected chi connectivity index (χ3v) is 12.8. The zero-order valence-electron chi connectivity index (χ0n) is 38.9. The smallest absolute Gasteiger partial charge is 0.245 e. The lowest BCUT2D eigenvalue weighted by molar-refractivity contribution is -0.142. The Balaban J connectivity index is 1.41. The lowest BCUT2D eigenvalue weighted by atomic mass is 10.0. The van der Waals surface area contributed by atoms with Gasteiger partial charge in [0.25, 0.3) is 0 Å². The van der Waals surface area contributed by atoms with E-state index in [0.29, 0.717) is 64.5 Å². The molecule has 2 aromatic rings. The molecule has 0 saturated carbocycles. The fourth-order valence-electron chi connectivity index (χ4n) is 8.65. The van der Waals surface area contributed by atoms with E-state index in [2.05, 4.69) is 42.5 Å². The number of benzene rings is 2. The van der Waals surface area contributed by atoms with Crippen LogP contribution in [0.1, 0.15) is 89.2 Å². The number of hydrogen-bond acceptors (Lipinski definition) is 10. The maximum absolute atomic E-state index is 14.3. The summed E-state index contributed by atoms with van der Waals surface area (Å²) in [6, 6.07) is 11.8. The molecule has 3 fully saturated rings. The van der Waals surface area contributed by atoms with Gasteiger partial charge >= 0.3 is 0 Å². The molecule has 360 valence electrons. The topological polar surface area (TPSA) is 239 Å². The molecule has 0 unspecified atom stereocenters. The third-order valence-electron chi connectivity index (χ3n) is 12.8. The van der Waals surface area contributed by atoms with E-state index in [1.165, 1.54) is 9.80 Å². The second kappa shape index (κ2) is 25.7. The predicted molar refractivity (Wildman–Crippen MR) is 248 cm³/mol. The lowest BCUT2D eigenvalue weighted by Gasteiger charge is -2.31. The van der Waals surface area contributed by atoms with Crippen LogP contribution >= 0.6 is 0 Å². The van der Waals surface area contributed by atoms with Crippen LogP contribution < -0.4 is 42.5 Å². The van der Waals surface area contributed by atoms with E-state index in [1.54, 1.807) is 27.9 Å². The van der Waals surface area contributed by atoms with Crippen LogP contribution in [0.5, 0.6) is 0 Å². The molecule has 8 atom stereocenters. The Kier molecular flexibility index (Phi) is 19.9. The van der Waals surface area contributed by atoms with Crippen LogP contribution in [-0.4, -0.2) is 146 Å². The first-order valence-electron chi connectivity index (χ1n) is 23.6. The summed E-state index contributed by atoms with van der Waals surface area (Å²) in [5.74, 6) is -3.34. The summed E-state index contributed by atoms with van der Waals surface area (Å²) in [6.07, 6.45) is 4.41. The maximum Gasteiger partial charge on any atom is 0.245 e. The molecule has 3 saturated heterocycles. The minimum Gasteiger partial charge on any atom is -0.354 e. The highest BCUT2D eigenvalue weighted by Crippen LogP contribution is 2.23. The molecule has 3 aliphatic heterocycles. The largest absolute Gasteiger partial charge is 0.354 e. The molecule has 66 heavy (non-hydrogen) atoms. The highest BCUT2D eigenvalue weighted by Gasteiger charge is 2.41. The van der Waals surface area contributed by atoms with Crippen molar-refractivity contribution in [1.82, 2.24) is 52.3 Å². The Labute approximate surface area is 388 Å². The molecule has 8 amide bonds. The Bertz CT molecular complexity index is 1830. The normalized spacial score (nSPS) is 25.6. The summed E-state index contributed by atoms with van der Waals surface area (Å²) in [5.41, 5.74) is 1.64. The number of nitrogens with one attached hydrogen (secondary N) is 8. The van der Waals surface area contributed by atoms with Crippen molar-refractivity contribution >= 4 is 47.3 Å². The molecule has 0 aliphatic carbocycles. The van der Waals surface area contributed by atoms with Gasteiger partial charge in [0, 0.05) is 39.0 Å². The van der Waals surface area contributed by atoms with Crippen LogP contribution in [0.3, 0.4) is 0 Å². The summed E-state index contributed by atoms with van der Waals surface area (Å²) in [6.45, 7) is 4.36. The van der Waals surface area contributed by atoms with E-state index in [1.807, 2.05) is 60.7 Å². The van der Waals surface area contributed by atoms with E-state index in [4.69, 9.17) is 0 Å². The van der Waals surface area contributed by atoms with Gasteiger partial charge in [-0.2, -0.15) is 0 Å². The van der Waals surface area contributed by atoms with Gasteiger partial charge in [-0.15, -0.1) is 0 Å². The van der Waals surface area contributed by atoms with Gasteiger partial charge in [0.2, 0.25) is 47.3 Å². The standard InChI is InChI=1S/C48H70N10O8/c1-31(49-3)41(59)53-35-21-11-13-25-51-43(61)38(30-34-19-9-6-10-20-34)56-46(64)40-24-16-28-58(40)48(66)36(54-42(60)32(2)50-4)22-12-14-26-52-44(62)37(29-33-17-7-5-8-18-33)55-45(63)39-23-15-27-57(39)47(35)65/h5-10,17-20,31-32,35-40,49-50H,11-16,21-30H2,1-4H3,(H,51,61)(H,52,62)(H,53,59)(H,54,60)(H,55,63)(H,56,64)/t31-,32-,35-,36-,37-,38-,39-,40-/m0/s1. The van der Waals surface area contributed by atoms with Gasteiger partial charge in [-0.1, -0.05) is 60.7 Å². The second-order valence-corrected chi connectivity index (χ2v) is 17.6. The molecule has 18 nitrogen and oxygen atoms in total.